The van der Waals surface area contributed by atoms with Gasteiger partial charge in [0.2, 0.25) is 0 Å². The molecule has 0 saturated carbocycles. The molecule has 1 heterocycles. The molecule has 0 bridgehead atoms. The van der Waals surface area contributed by atoms with Gasteiger partial charge < -0.3 is 9.52 Å². The number of halogens is 2. The zero-order chi connectivity index (χ0) is 34.4. The van der Waals surface area contributed by atoms with Crippen LogP contribution in [0, 0.1) is 6.92 Å². The normalized spacial score (nSPS) is 12.1. The number of hydrogen-bond acceptors (Lipinski definition) is 4. The van der Waals surface area contributed by atoms with Crippen molar-refractivity contribution in [3.63, 3.8) is 0 Å². The number of benzene rings is 4. The molecule has 0 aliphatic heterocycles. The number of alkyl halides is 2. The quantitative estimate of drug-likeness (QED) is 0.138. The molecular weight excluding hydrogens is 673 g/mol. The lowest BCUT2D eigenvalue weighted by molar-refractivity contribution is 0.337. The molecule has 1 aromatic heterocycles. The van der Waals surface area contributed by atoms with Gasteiger partial charge in [-0.15, -0.1) is 23.2 Å². The Morgan fingerprint density at radius 2 is 1.20 bits per heavy atom. The summed E-state index contributed by atoms with van der Waals surface area (Å²) in [5.41, 5.74) is 4.76. The van der Waals surface area contributed by atoms with E-state index < -0.39 is 10.0 Å². The van der Waals surface area contributed by atoms with Crippen LogP contribution >= 0.6 is 23.2 Å². The van der Waals surface area contributed by atoms with Gasteiger partial charge in [-0.2, -0.15) is 12.8 Å². The van der Waals surface area contributed by atoms with Crippen LogP contribution in [0.1, 0.15) is 11.1 Å². The monoisotopic (exact) mass is 703 g/mol. The largest absolute Gasteiger partial charge is 0.480 e. The predicted octanol–water partition coefficient (Wildman–Crippen LogP) is 10.3. The Balaban J connectivity index is 0.00000134. The van der Waals surface area contributed by atoms with Crippen LogP contribution in [0.4, 0.5) is 0 Å². The summed E-state index contributed by atoms with van der Waals surface area (Å²) in [6, 6.07) is 45.6. The molecule has 6 aromatic carbocycles. The fraction of sp³-hybridized carbons (Fsp3) is 0.0488. The van der Waals surface area contributed by atoms with Crippen molar-refractivity contribution in [1.29, 1.82) is 0 Å². The first-order valence-electron chi connectivity index (χ1n) is 15.4. The summed E-state index contributed by atoms with van der Waals surface area (Å²) < 4.78 is 37.4. The maximum absolute atomic E-state index is 13.5. The molecule has 244 valence electrons. The van der Waals surface area contributed by atoms with E-state index in [0.717, 1.165) is 44.0 Å². The second-order valence-electron chi connectivity index (χ2n) is 11.1. The average Bonchev–Trinajstić information content (AvgIpc) is 3.25. The molecule has 0 radical (unpaired) electrons. The topological polar surface area (TPSA) is 79.9 Å². The van der Waals surface area contributed by atoms with Gasteiger partial charge in [-0.1, -0.05) is 139 Å². The predicted molar refractivity (Wildman–Crippen MR) is 203 cm³/mol. The molecule has 0 atom stereocenters. The molecule has 7 rings (SSSR count). The zero-order valence-corrected chi connectivity index (χ0v) is 28.8. The number of sulfonamides is 1. The summed E-state index contributed by atoms with van der Waals surface area (Å²) in [6.45, 7) is 1.90. The van der Waals surface area contributed by atoms with Crippen LogP contribution in [0.5, 0.6) is 5.95 Å². The van der Waals surface area contributed by atoms with Crippen molar-refractivity contribution < 1.29 is 17.9 Å². The van der Waals surface area contributed by atoms with Crippen molar-refractivity contribution in [1.82, 2.24) is 0 Å². The Kier molecular flexibility index (Phi) is 10.3. The van der Waals surface area contributed by atoms with E-state index in [0.29, 0.717) is 21.9 Å². The smallest absolute Gasteiger partial charge is 0.291 e. The minimum Gasteiger partial charge on any atom is -0.480 e. The van der Waals surface area contributed by atoms with Crippen molar-refractivity contribution in [3.05, 3.63) is 162 Å². The molecule has 0 aliphatic carbocycles. The van der Waals surface area contributed by atoms with Gasteiger partial charge in [0.15, 0.2) is 0 Å². The second kappa shape index (κ2) is 15.0. The summed E-state index contributed by atoms with van der Waals surface area (Å²) in [5.74, 6) is 0.254. The van der Waals surface area contributed by atoms with Crippen molar-refractivity contribution in [2.24, 2.45) is 4.40 Å². The molecule has 0 aliphatic rings. The van der Waals surface area contributed by atoms with Crippen molar-refractivity contribution >= 4 is 66.6 Å². The highest BCUT2D eigenvalue weighted by Gasteiger charge is 2.24. The van der Waals surface area contributed by atoms with Crippen molar-refractivity contribution in [2.75, 3.05) is 5.34 Å². The maximum Gasteiger partial charge on any atom is 0.291 e. The van der Waals surface area contributed by atoms with E-state index in [1.54, 1.807) is 24.3 Å². The van der Waals surface area contributed by atoms with E-state index in [2.05, 4.69) is 4.40 Å². The summed E-state index contributed by atoms with van der Waals surface area (Å²) in [6.07, 6.45) is 1.39. The zero-order valence-electron chi connectivity index (χ0n) is 26.4. The van der Waals surface area contributed by atoms with Gasteiger partial charge in [0.1, 0.15) is 5.76 Å². The van der Waals surface area contributed by atoms with Crippen LogP contribution < -0.4 is 5.22 Å². The van der Waals surface area contributed by atoms with Crippen LogP contribution in [0.25, 0.3) is 49.6 Å². The van der Waals surface area contributed by atoms with Crippen LogP contribution in [-0.2, 0) is 10.0 Å². The van der Waals surface area contributed by atoms with Crippen LogP contribution in [0.2, 0.25) is 0 Å². The van der Waals surface area contributed by atoms with Crippen molar-refractivity contribution in [2.45, 2.75) is 11.8 Å². The fourth-order valence-corrected chi connectivity index (χ4v) is 6.76. The Bertz CT molecular complexity index is 2440. The summed E-state index contributed by atoms with van der Waals surface area (Å²) in [5, 5.41) is 15.6. The molecule has 5 nitrogen and oxygen atoms in total. The third-order valence-corrected chi connectivity index (χ3v) is 9.31. The Labute approximate surface area is 295 Å². The lowest BCUT2D eigenvalue weighted by Gasteiger charge is -2.13. The maximum atomic E-state index is 13.5. The highest BCUT2D eigenvalue weighted by atomic mass is 35.5. The molecule has 1 N–H and O–H groups in total. The van der Waals surface area contributed by atoms with Crippen LogP contribution in [0.3, 0.4) is 0 Å². The summed E-state index contributed by atoms with van der Waals surface area (Å²) in [4.78, 5) is 0.0992. The lowest BCUT2D eigenvalue weighted by Crippen LogP contribution is -2.09. The Morgan fingerprint density at radius 3 is 1.80 bits per heavy atom. The fourth-order valence-electron chi connectivity index (χ4n) is 5.91. The number of aryl methyl sites for hydroxylation is 1. The first kappa shape index (κ1) is 33.7. The third-order valence-electron chi connectivity index (χ3n) is 8.06. The molecule has 49 heavy (non-hydrogen) atoms. The summed E-state index contributed by atoms with van der Waals surface area (Å²) in [7, 11) is -4.03. The SMILES string of the molecule is Cc1ccc(S(=O)(=O)/N=C/C(c2ccccc2)=c2\c3cccccc3c3c(-c4ccccc4)c(-c4ccccc4)oc(O)c23)cc1.ClCCl. The van der Waals surface area contributed by atoms with E-state index in [1.807, 2.05) is 128 Å². The molecule has 0 amide bonds. The first-order valence-corrected chi connectivity index (χ1v) is 17.9. The number of rotatable bonds is 6. The first-order chi connectivity index (χ1) is 23.8. The van der Waals surface area contributed by atoms with Gasteiger partial charge in [0, 0.05) is 33.5 Å². The van der Waals surface area contributed by atoms with Gasteiger partial charge in [0.05, 0.1) is 15.6 Å². The molecule has 0 spiro atoms. The van der Waals surface area contributed by atoms with Crippen molar-refractivity contribution in [3.8, 4) is 28.4 Å². The minimum absolute atomic E-state index is 0.0992. The number of hydrogen-bond donors (Lipinski definition) is 1. The number of nitrogens with zero attached hydrogens (tertiary/aromatic N) is 1. The molecule has 8 heteroatoms. The molecule has 0 saturated heterocycles. The van der Waals surface area contributed by atoms with Gasteiger partial charge in [-0.05, 0) is 41.0 Å². The highest BCUT2D eigenvalue weighted by Crippen LogP contribution is 2.45. The van der Waals surface area contributed by atoms with Gasteiger partial charge >= 0.3 is 0 Å². The number of aromatic hydroxyl groups is 1. The average molecular weight is 705 g/mol. The Morgan fingerprint density at radius 1 is 0.694 bits per heavy atom. The van der Waals surface area contributed by atoms with Crippen LogP contribution in [-0.4, -0.2) is 25.1 Å². The third kappa shape index (κ3) is 7.03. The molecule has 0 unspecified atom stereocenters. The van der Waals surface area contributed by atoms with Crippen LogP contribution in [0.15, 0.2) is 159 Å². The molecule has 7 aromatic rings. The van der Waals surface area contributed by atoms with Gasteiger partial charge in [0.25, 0.3) is 16.0 Å². The minimum atomic E-state index is -4.03. The van der Waals surface area contributed by atoms with E-state index in [-0.39, 0.29) is 16.2 Å². The lowest BCUT2D eigenvalue weighted by atomic mass is 9.95. The standard InChI is InChI=1S/C40H29NO4S.CH2Cl2/c1-27-22-24-31(25-23-27)46(43,44)41-26-34(28-14-6-2-7-15-28)36-32-20-12-5-13-21-33(32)37-35(29-16-8-3-9-17-29)39(45-40(42)38(36)37)30-18-10-4-11-19-30;2-1-3/h2-26,42H,1H3;1H2/b36-34-,41-26+;. The van der Waals surface area contributed by atoms with E-state index in [9.17, 15) is 13.5 Å². The van der Waals surface area contributed by atoms with E-state index in [4.69, 9.17) is 27.6 Å². The number of fused-ring (bicyclic) bond motifs is 3. The highest BCUT2D eigenvalue weighted by molar-refractivity contribution is 7.90. The van der Waals surface area contributed by atoms with E-state index in [1.165, 1.54) is 6.21 Å². The molecule has 0 fully saturated rings. The van der Waals surface area contributed by atoms with Gasteiger partial charge in [-0.25, -0.2) is 0 Å². The second-order valence-corrected chi connectivity index (χ2v) is 13.6. The summed E-state index contributed by atoms with van der Waals surface area (Å²) >= 11 is 9.53. The van der Waals surface area contributed by atoms with E-state index >= 15 is 0 Å². The molecular formula is C41H31Cl2NO4S. The van der Waals surface area contributed by atoms with Gasteiger partial charge in [-0.3, -0.25) is 0 Å². The Hall–Kier alpha value is -5.14.